The second-order valence-electron chi connectivity index (χ2n) is 4.76. The van der Waals surface area contributed by atoms with E-state index in [1.54, 1.807) is 0 Å². The van der Waals surface area contributed by atoms with E-state index in [0.717, 1.165) is 32.5 Å². The average molecular weight is 230 g/mol. The number of aliphatic hydroxyl groups excluding tert-OH is 2. The second kappa shape index (κ2) is 8.01. The van der Waals surface area contributed by atoms with Gasteiger partial charge in [0.05, 0.1) is 12.2 Å². The minimum atomic E-state index is -0.313. The number of hydrogen-bond acceptors (Lipinski definition) is 4. The standard InChI is InChI=1S/C12H26N2O2/c1-2-5-11(15)8-13-9-12(16)10-14-6-3-4-7-14/h11-13,15-16H,2-10H2,1H3. The molecule has 4 nitrogen and oxygen atoms in total. The molecule has 1 saturated heterocycles. The van der Waals surface area contributed by atoms with E-state index in [4.69, 9.17) is 0 Å². The van der Waals surface area contributed by atoms with Gasteiger partial charge in [0.1, 0.15) is 0 Å². The second-order valence-corrected chi connectivity index (χ2v) is 4.76. The number of likely N-dealkylation sites (tertiary alicyclic amines) is 1. The lowest BCUT2D eigenvalue weighted by molar-refractivity contribution is 0.112. The fourth-order valence-electron chi connectivity index (χ4n) is 2.18. The van der Waals surface area contributed by atoms with E-state index < -0.39 is 0 Å². The van der Waals surface area contributed by atoms with Crippen molar-refractivity contribution in [1.29, 1.82) is 0 Å². The molecule has 0 saturated carbocycles. The van der Waals surface area contributed by atoms with Crippen LogP contribution < -0.4 is 5.32 Å². The zero-order chi connectivity index (χ0) is 11.8. The van der Waals surface area contributed by atoms with Crippen LogP contribution in [0.1, 0.15) is 32.6 Å². The van der Waals surface area contributed by atoms with Gasteiger partial charge in [-0.1, -0.05) is 13.3 Å². The van der Waals surface area contributed by atoms with Gasteiger partial charge in [0.15, 0.2) is 0 Å². The Morgan fingerprint density at radius 1 is 1.12 bits per heavy atom. The summed E-state index contributed by atoms with van der Waals surface area (Å²) < 4.78 is 0. The molecule has 1 rings (SSSR count). The molecule has 0 aromatic heterocycles. The molecule has 1 aliphatic heterocycles. The molecule has 16 heavy (non-hydrogen) atoms. The molecule has 0 aromatic carbocycles. The first-order valence-electron chi connectivity index (χ1n) is 6.51. The molecule has 96 valence electrons. The molecular weight excluding hydrogens is 204 g/mol. The molecule has 0 radical (unpaired) electrons. The Kier molecular flexibility index (Phi) is 6.96. The van der Waals surface area contributed by atoms with Crippen molar-refractivity contribution in [2.75, 3.05) is 32.7 Å². The Morgan fingerprint density at radius 3 is 2.38 bits per heavy atom. The lowest BCUT2D eigenvalue weighted by Crippen LogP contribution is -2.39. The van der Waals surface area contributed by atoms with Crippen molar-refractivity contribution in [2.24, 2.45) is 0 Å². The lowest BCUT2D eigenvalue weighted by atomic mass is 10.2. The number of β-amino-alcohol motifs (C(OH)–C–C–N with tert-alkyl or cyclic N) is 1. The summed E-state index contributed by atoms with van der Waals surface area (Å²) in [7, 11) is 0. The van der Waals surface area contributed by atoms with Crippen LogP contribution in [0, 0.1) is 0 Å². The summed E-state index contributed by atoms with van der Waals surface area (Å²) in [5.74, 6) is 0. The molecule has 0 bridgehead atoms. The highest BCUT2D eigenvalue weighted by Crippen LogP contribution is 2.07. The first-order valence-corrected chi connectivity index (χ1v) is 6.51. The molecule has 1 heterocycles. The summed E-state index contributed by atoms with van der Waals surface area (Å²) in [5, 5.41) is 22.4. The van der Waals surface area contributed by atoms with Crippen molar-refractivity contribution in [3.05, 3.63) is 0 Å². The summed E-state index contributed by atoms with van der Waals surface area (Å²) >= 11 is 0. The molecule has 2 atom stereocenters. The molecule has 4 heteroatoms. The molecule has 3 N–H and O–H groups in total. The topological polar surface area (TPSA) is 55.7 Å². The van der Waals surface area contributed by atoms with E-state index in [2.05, 4.69) is 17.1 Å². The van der Waals surface area contributed by atoms with E-state index in [0.29, 0.717) is 13.1 Å². The Hall–Kier alpha value is -0.160. The normalized spacial score (nSPS) is 21.2. The van der Waals surface area contributed by atoms with E-state index in [1.807, 2.05) is 0 Å². The average Bonchev–Trinajstić information content (AvgIpc) is 2.70. The van der Waals surface area contributed by atoms with Crippen LogP contribution >= 0.6 is 0 Å². The van der Waals surface area contributed by atoms with Gasteiger partial charge in [-0.15, -0.1) is 0 Å². The smallest absolute Gasteiger partial charge is 0.0791 e. The van der Waals surface area contributed by atoms with Gasteiger partial charge in [0, 0.05) is 19.6 Å². The van der Waals surface area contributed by atoms with Crippen LogP contribution in [0.3, 0.4) is 0 Å². The highest BCUT2D eigenvalue weighted by Gasteiger charge is 2.15. The van der Waals surface area contributed by atoms with Crippen molar-refractivity contribution < 1.29 is 10.2 Å². The van der Waals surface area contributed by atoms with Crippen LogP contribution in [-0.4, -0.2) is 60.0 Å². The van der Waals surface area contributed by atoms with Crippen molar-refractivity contribution in [3.63, 3.8) is 0 Å². The fraction of sp³-hybridized carbons (Fsp3) is 1.00. The third kappa shape index (κ3) is 5.80. The van der Waals surface area contributed by atoms with Crippen LogP contribution in [0.4, 0.5) is 0 Å². The first kappa shape index (κ1) is 13.9. The van der Waals surface area contributed by atoms with Gasteiger partial charge in [0.25, 0.3) is 0 Å². The van der Waals surface area contributed by atoms with Gasteiger partial charge in [-0.05, 0) is 32.4 Å². The van der Waals surface area contributed by atoms with Gasteiger partial charge in [0.2, 0.25) is 0 Å². The van der Waals surface area contributed by atoms with Gasteiger partial charge in [-0.3, -0.25) is 0 Å². The van der Waals surface area contributed by atoms with Crippen molar-refractivity contribution in [3.8, 4) is 0 Å². The van der Waals surface area contributed by atoms with Gasteiger partial charge < -0.3 is 20.4 Å². The summed E-state index contributed by atoms with van der Waals surface area (Å²) in [5.41, 5.74) is 0. The molecule has 0 spiro atoms. The third-order valence-electron chi connectivity index (χ3n) is 3.05. The number of aliphatic hydroxyl groups is 2. The number of nitrogens with zero attached hydrogens (tertiary/aromatic N) is 1. The molecule has 0 aromatic rings. The van der Waals surface area contributed by atoms with Gasteiger partial charge in [-0.25, -0.2) is 0 Å². The third-order valence-corrected chi connectivity index (χ3v) is 3.05. The first-order chi connectivity index (χ1) is 7.72. The summed E-state index contributed by atoms with van der Waals surface area (Å²) in [6.07, 6.45) is 3.76. The maximum Gasteiger partial charge on any atom is 0.0791 e. The Balaban J connectivity index is 1.98. The maximum absolute atomic E-state index is 9.77. The van der Waals surface area contributed by atoms with Crippen molar-refractivity contribution in [2.45, 2.75) is 44.8 Å². The fourth-order valence-corrected chi connectivity index (χ4v) is 2.18. The van der Waals surface area contributed by atoms with E-state index >= 15 is 0 Å². The Bertz CT molecular complexity index is 172. The maximum atomic E-state index is 9.77. The lowest BCUT2D eigenvalue weighted by Gasteiger charge is -2.20. The van der Waals surface area contributed by atoms with E-state index in [1.165, 1.54) is 12.8 Å². The number of nitrogens with one attached hydrogen (secondary N) is 1. The predicted molar refractivity (Wildman–Crippen MR) is 65.5 cm³/mol. The molecule has 2 unspecified atom stereocenters. The molecule has 1 fully saturated rings. The Morgan fingerprint density at radius 2 is 1.75 bits per heavy atom. The minimum absolute atomic E-state index is 0.274. The van der Waals surface area contributed by atoms with Crippen LogP contribution in [0.25, 0.3) is 0 Å². The van der Waals surface area contributed by atoms with Gasteiger partial charge >= 0.3 is 0 Å². The largest absolute Gasteiger partial charge is 0.392 e. The SMILES string of the molecule is CCCC(O)CNCC(O)CN1CCCC1. The monoisotopic (exact) mass is 230 g/mol. The van der Waals surface area contributed by atoms with Crippen LogP contribution in [0.5, 0.6) is 0 Å². The van der Waals surface area contributed by atoms with E-state index in [-0.39, 0.29) is 12.2 Å². The van der Waals surface area contributed by atoms with Crippen LogP contribution in [0.2, 0.25) is 0 Å². The summed E-state index contributed by atoms with van der Waals surface area (Å²) in [6.45, 7) is 6.23. The highest BCUT2D eigenvalue weighted by molar-refractivity contribution is 4.72. The Labute approximate surface area is 98.6 Å². The van der Waals surface area contributed by atoms with E-state index in [9.17, 15) is 10.2 Å². The molecule has 0 aliphatic carbocycles. The molecular formula is C12H26N2O2. The zero-order valence-electron chi connectivity index (χ0n) is 10.4. The van der Waals surface area contributed by atoms with Crippen LogP contribution in [-0.2, 0) is 0 Å². The zero-order valence-corrected chi connectivity index (χ0v) is 10.4. The predicted octanol–water partition coefficient (Wildman–Crippen LogP) is 0.194. The minimum Gasteiger partial charge on any atom is -0.392 e. The van der Waals surface area contributed by atoms with Crippen molar-refractivity contribution in [1.82, 2.24) is 10.2 Å². The highest BCUT2D eigenvalue weighted by atomic mass is 16.3. The molecule has 0 amide bonds. The summed E-state index contributed by atoms with van der Waals surface area (Å²) in [4.78, 5) is 2.30. The number of rotatable bonds is 8. The number of hydrogen-bond donors (Lipinski definition) is 3. The van der Waals surface area contributed by atoms with Crippen molar-refractivity contribution >= 4 is 0 Å². The quantitative estimate of drug-likeness (QED) is 0.557. The molecule has 1 aliphatic rings. The van der Waals surface area contributed by atoms with Crippen LogP contribution in [0.15, 0.2) is 0 Å². The van der Waals surface area contributed by atoms with Gasteiger partial charge in [-0.2, -0.15) is 0 Å². The summed E-state index contributed by atoms with van der Waals surface area (Å²) in [6, 6.07) is 0.